The molecule has 0 bridgehead atoms. The minimum atomic E-state index is -0.482. The number of nitrogens with two attached hydrogens (primary N) is 1. The molecular weight excluding hydrogens is 224 g/mol. The molecular formula is C15H18N2O. The maximum absolute atomic E-state index is 12.1. The van der Waals surface area contributed by atoms with Gasteiger partial charge in [0.15, 0.2) is 0 Å². The highest BCUT2D eigenvalue weighted by atomic mass is 16.2. The predicted molar refractivity (Wildman–Crippen MR) is 75.6 cm³/mol. The molecule has 0 unspecified atom stereocenters. The third kappa shape index (κ3) is 2.22. The highest BCUT2D eigenvalue weighted by Crippen LogP contribution is 2.26. The second-order valence-corrected chi connectivity index (χ2v) is 4.37. The van der Waals surface area contributed by atoms with Gasteiger partial charge in [-0.3, -0.25) is 4.79 Å². The van der Waals surface area contributed by atoms with Gasteiger partial charge in [-0.05, 0) is 25.3 Å². The minimum Gasteiger partial charge on any atom is -0.320 e. The van der Waals surface area contributed by atoms with Gasteiger partial charge in [-0.2, -0.15) is 0 Å². The fraction of sp³-hybridized carbons (Fsp3) is 0.267. The first kappa shape index (κ1) is 12.6. The second kappa shape index (κ2) is 5.19. The summed E-state index contributed by atoms with van der Waals surface area (Å²) >= 11 is 0. The molecule has 0 spiro atoms. The molecule has 94 valence electrons. The standard InChI is InChI=1S/C15H18N2O/c1-3-17(15(18)11(2)16)14-10-6-8-12-7-4-5-9-13(12)14/h4-11H,3,16H2,1-2H3/t11-/m0/s1. The molecule has 2 aromatic rings. The molecule has 1 amide bonds. The molecule has 3 nitrogen and oxygen atoms in total. The zero-order valence-corrected chi connectivity index (χ0v) is 10.8. The van der Waals surface area contributed by atoms with Crippen LogP contribution in [0.15, 0.2) is 42.5 Å². The molecule has 2 aromatic carbocycles. The van der Waals surface area contributed by atoms with Crippen LogP contribution in [0.5, 0.6) is 0 Å². The molecule has 0 aromatic heterocycles. The summed E-state index contributed by atoms with van der Waals surface area (Å²) in [6.07, 6.45) is 0. The minimum absolute atomic E-state index is 0.0474. The molecule has 0 aliphatic carbocycles. The molecule has 0 saturated heterocycles. The van der Waals surface area contributed by atoms with Crippen LogP contribution in [0.4, 0.5) is 5.69 Å². The average molecular weight is 242 g/mol. The van der Waals surface area contributed by atoms with E-state index in [1.165, 1.54) is 0 Å². The summed E-state index contributed by atoms with van der Waals surface area (Å²) in [6.45, 7) is 4.30. The first-order valence-corrected chi connectivity index (χ1v) is 6.20. The fourth-order valence-electron chi connectivity index (χ4n) is 2.13. The summed E-state index contributed by atoms with van der Waals surface area (Å²) in [4.78, 5) is 13.9. The number of likely N-dealkylation sites (N-methyl/N-ethyl adjacent to an activating group) is 1. The van der Waals surface area contributed by atoms with Crippen molar-refractivity contribution in [2.75, 3.05) is 11.4 Å². The van der Waals surface area contributed by atoms with Crippen LogP contribution in [-0.2, 0) is 4.79 Å². The van der Waals surface area contributed by atoms with Crippen LogP contribution in [0.25, 0.3) is 10.8 Å². The Morgan fingerprint density at radius 2 is 1.89 bits per heavy atom. The fourth-order valence-corrected chi connectivity index (χ4v) is 2.13. The lowest BCUT2D eigenvalue weighted by atomic mass is 10.1. The summed E-state index contributed by atoms with van der Waals surface area (Å²) in [7, 11) is 0. The molecule has 0 aliphatic rings. The maximum atomic E-state index is 12.1. The van der Waals surface area contributed by atoms with E-state index in [1.807, 2.05) is 49.4 Å². The number of carbonyl (C=O) groups is 1. The zero-order chi connectivity index (χ0) is 13.1. The molecule has 2 N–H and O–H groups in total. The molecule has 0 radical (unpaired) electrons. The maximum Gasteiger partial charge on any atom is 0.243 e. The summed E-state index contributed by atoms with van der Waals surface area (Å²) in [5.74, 6) is -0.0474. The summed E-state index contributed by atoms with van der Waals surface area (Å²) in [5, 5.41) is 2.21. The topological polar surface area (TPSA) is 46.3 Å². The van der Waals surface area contributed by atoms with E-state index in [0.717, 1.165) is 16.5 Å². The Hall–Kier alpha value is -1.87. The van der Waals surface area contributed by atoms with Gasteiger partial charge in [0.25, 0.3) is 0 Å². The Morgan fingerprint density at radius 1 is 1.22 bits per heavy atom. The van der Waals surface area contributed by atoms with Crippen molar-refractivity contribution in [3.63, 3.8) is 0 Å². The number of nitrogens with zero attached hydrogens (tertiary/aromatic N) is 1. The Labute approximate surface area is 107 Å². The van der Waals surface area contributed by atoms with Crippen molar-refractivity contribution in [3.8, 4) is 0 Å². The lowest BCUT2D eigenvalue weighted by Crippen LogP contribution is -2.42. The van der Waals surface area contributed by atoms with E-state index in [9.17, 15) is 4.79 Å². The number of fused-ring (bicyclic) bond motifs is 1. The lowest BCUT2D eigenvalue weighted by molar-refractivity contribution is -0.119. The van der Waals surface area contributed by atoms with E-state index in [-0.39, 0.29) is 5.91 Å². The van der Waals surface area contributed by atoms with E-state index in [2.05, 4.69) is 0 Å². The first-order chi connectivity index (χ1) is 8.65. The van der Waals surface area contributed by atoms with Gasteiger partial charge in [0.2, 0.25) is 5.91 Å². The van der Waals surface area contributed by atoms with Crippen LogP contribution >= 0.6 is 0 Å². The van der Waals surface area contributed by atoms with Crippen molar-refractivity contribution in [1.29, 1.82) is 0 Å². The van der Waals surface area contributed by atoms with Crippen LogP contribution in [0.2, 0.25) is 0 Å². The third-order valence-electron chi connectivity index (χ3n) is 3.03. The second-order valence-electron chi connectivity index (χ2n) is 4.37. The lowest BCUT2D eigenvalue weighted by Gasteiger charge is -2.24. The largest absolute Gasteiger partial charge is 0.320 e. The van der Waals surface area contributed by atoms with Crippen LogP contribution in [0, 0.1) is 0 Å². The van der Waals surface area contributed by atoms with Gasteiger partial charge in [0, 0.05) is 11.9 Å². The van der Waals surface area contributed by atoms with E-state index in [1.54, 1.807) is 11.8 Å². The van der Waals surface area contributed by atoms with Gasteiger partial charge in [0.1, 0.15) is 0 Å². The Balaban J connectivity index is 2.55. The van der Waals surface area contributed by atoms with Crippen molar-refractivity contribution in [1.82, 2.24) is 0 Å². The number of hydrogen-bond acceptors (Lipinski definition) is 2. The van der Waals surface area contributed by atoms with Gasteiger partial charge in [0.05, 0.1) is 11.7 Å². The quantitative estimate of drug-likeness (QED) is 0.899. The van der Waals surface area contributed by atoms with Crippen molar-refractivity contribution in [3.05, 3.63) is 42.5 Å². The van der Waals surface area contributed by atoms with Crippen LogP contribution in [0.3, 0.4) is 0 Å². The van der Waals surface area contributed by atoms with Gasteiger partial charge >= 0.3 is 0 Å². The summed E-state index contributed by atoms with van der Waals surface area (Å²) in [6, 6.07) is 13.5. The van der Waals surface area contributed by atoms with Gasteiger partial charge in [-0.15, -0.1) is 0 Å². The van der Waals surface area contributed by atoms with E-state index in [4.69, 9.17) is 5.73 Å². The number of carbonyl (C=O) groups excluding carboxylic acids is 1. The van der Waals surface area contributed by atoms with Crippen molar-refractivity contribution in [2.45, 2.75) is 19.9 Å². The van der Waals surface area contributed by atoms with Gasteiger partial charge in [-0.1, -0.05) is 36.4 Å². The van der Waals surface area contributed by atoms with Crippen LogP contribution in [-0.4, -0.2) is 18.5 Å². The number of rotatable bonds is 3. The number of benzene rings is 2. The monoisotopic (exact) mass is 242 g/mol. The van der Waals surface area contributed by atoms with Gasteiger partial charge in [-0.25, -0.2) is 0 Å². The molecule has 0 saturated carbocycles. The smallest absolute Gasteiger partial charge is 0.243 e. The van der Waals surface area contributed by atoms with Crippen LogP contribution < -0.4 is 10.6 Å². The number of hydrogen-bond donors (Lipinski definition) is 1. The molecule has 0 fully saturated rings. The predicted octanol–water partition coefficient (Wildman–Crippen LogP) is 2.54. The molecule has 18 heavy (non-hydrogen) atoms. The van der Waals surface area contributed by atoms with E-state index < -0.39 is 6.04 Å². The number of amides is 1. The van der Waals surface area contributed by atoms with E-state index >= 15 is 0 Å². The molecule has 2 rings (SSSR count). The zero-order valence-electron chi connectivity index (χ0n) is 10.8. The van der Waals surface area contributed by atoms with Crippen LogP contribution in [0.1, 0.15) is 13.8 Å². The van der Waals surface area contributed by atoms with Crippen molar-refractivity contribution in [2.24, 2.45) is 5.73 Å². The summed E-state index contributed by atoms with van der Waals surface area (Å²) in [5.41, 5.74) is 6.63. The molecule has 1 atom stereocenters. The summed E-state index contributed by atoms with van der Waals surface area (Å²) < 4.78 is 0. The third-order valence-corrected chi connectivity index (χ3v) is 3.03. The normalized spacial score (nSPS) is 12.4. The number of anilines is 1. The first-order valence-electron chi connectivity index (χ1n) is 6.20. The average Bonchev–Trinajstić information content (AvgIpc) is 2.39. The Morgan fingerprint density at radius 3 is 2.56 bits per heavy atom. The van der Waals surface area contributed by atoms with Crippen molar-refractivity contribution < 1.29 is 4.79 Å². The highest BCUT2D eigenvalue weighted by Gasteiger charge is 2.18. The Bertz CT molecular complexity index is 558. The van der Waals surface area contributed by atoms with Gasteiger partial charge < -0.3 is 10.6 Å². The molecule has 0 heterocycles. The molecule has 0 aliphatic heterocycles. The Kier molecular flexibility index (Phi) is 3.63. The van der Waals surface area contributed by atoms with Crippen molar-refractivity contribution >= 4 is 22.4 Å². The highest BCUT2D eigenvalue weighted by molar-refractivity contribution is 6.05. The SMILES string of the molecule is CCN(C(=O)[C@H](C)N)c1cccc2ccccc12. The molecule has 3 heteroatoms. The van der Waals surface area contributed by atoms with E-state index in [0.29, 0.717) is 6.54 Å².